The van der Waals surface area contributed by atoms with E-state index < -0.39 is 18.8 Å². The van der Waals surface area contributed by atoms with Crippen molar-refractivity contribution < 1.29 is 18.0 Å². The molecule has 1 aliphatic heterocycles. The van der Waals surface area contributed by atoms with Crippen LogP contribution in [-0.4, -0.2) is 30.2 Å². The molecule has 1 N–H and O–H groups in total. The molecule has 2 aromatic carbocycles. The van der Waals surface area contributed by atoms with Gasteiger partial charge in [0.2, 0.25) is 0 Å². The van der Waals surface area contributed by atoms with Gasteiger partial charge in [0.05, 0.1) is 0 Å². The Balaban J connectivity index is 1.84. The summed E-state index contributed by atoms with van der Waals surface area (Å²) in [6.45, 7) is -0.659. The second kappa shape index (κ2) is 6.55. The first-order chi connectivity index (χ1) is 11.4. The van der Waals surface area contributed by atoms with Gasteiger partial charge in [-0.05, 0) is 16.7 Å². The zero-order valence-corrected chi connectivity index (χ0v) is 12.9. The molecule has 0 fully saturated rings. The maximum absolute atomic E-state index is 12.3. The van der Waals surface area contributed by atoms with Crippen LogP contribution in [0.1, 0.15) is 22.6 Å². The number of rotatable bonds is 2. The SMILES string of the molecule is O=C(NCC(F)(F)F)N1Cc2ccccc2[C@@H](c2ccccc2)C1. The fourth-order valence-electron chi connectivity index (χ4n) is 3.02. The van der Waals surface area contributed by atoms with Crippen molar-refractivity contribution in [3.05, 3.63) is 71.3 Å². The monoisotopic (exact) mass is 334 g/mol. The number of nitrogens with zero attached hydrogens (tertiary/aromatic N) is 1. The van der Waals surface area contributed by atoms with E-state index in [1.54, 1.807) is 0 Å². The molecule has 1 aliphatic rings. The van der Waals surface area contributed by atoms with Crippen LogP contribution in [0, 0.1) is 0 Å². The highest BCUT2D eigenvalue weighted by molar-refractivity contribution is 5.75. The Labute approximate surface area is 138 Å². The first-order valence-corrected chi connectivity index (χ1v) is 7.66. The molecule has 1 heterocycles. The number of carbonyl (C=O) groups excluding carboxylic acids is 1. The predicted molar refractivity (Wildman–Crippen MR) is 84.6 cm³/mol. The van der Waals surface area contributed by atoms with Gasteiger partial charge in [0.1, 0.15) is 6.54 Å². The first kappa shape index (κ1) is 16.4. The molecule has 126 valence electrons. The van der Waals surface area contributed by atoms with Crippen LogP contribution in [0.5, 0.6) is 0 Å². The van der Waals surface area contributed by atoms with Gasteiger partial charge in [0, 0.05) is 19.0 Å². The Hall–Kier alpha value is -2.50. The molecule has 3 rings (SSSR count). The molecule has 0 bridgehead atoms. The fourth-order valence-corrected chi connectivity index (χ4v) is 3.02. The third-order valence-corrected chi connectivity index (χ3v) is 4.12. The topological polar surface area (TPSA) is 32.3 Å². The van der Waals surface area contributed by atoms with Crippen LogP contribution in [0.2, 0.25) is 0 Å². The quantitative estimate of drug-likeness (QED) is 0.887. The largest absolute Gasteiger partial charge is 0.405 e. The van der Waals surface area contributed by atoms with Crippen molar-refractivity contribution in [1.82, 2.24) is 10.2 Å². The lowest BCUT2D eigenvalue weighted by Gasteiger charge is -2.35. The molecule has 24 heavy (non-hydrogen) atoms. The smallest absolute Gasteiger partial charge is 0.329 e. The number of hydrogen-bond donors (Lipinski definition) is 1. The summed E-state index contributed by atoms with van der Waals surface area (Å²) in [5.41, 5.74) is 3.11. The summed E-state index contributed by atoms with van der Waals surface area (Å²) in [6.07, 6.45) is -4.41. The number of alkyl halides is 3. The van der Waals surface area contributed by atoms with E-state index >= 15 is 0 Å². The summed E-state index contributed by atoms with van der Waals surface area (Å²) >= 11 is 0. The number of fused-ring (bicyclic) bond motifs is 1. The maximum atomic E-state index is 12.3. The Morgan fingerprint density at radius 1 is 1.08 bits per heavy atom. The lowest BCUT2D eigenvalue weighted by molar-refractivity contribution is -0.123. The number of hydrogen-bond acceptors (Lipinski definition) is 1. The molecule has 0 spiro atoms. The second-order valence-electron chi connectivity index (χ2n) is 5.82. The second-order valence-corrected chi connectivity index (χ2v) is 5.82. The Morgan fingerprint density at radius 2 is 1.75 bits per heavy atom. The number of urea groups is 1. The van der Waals surface area contributed by atoms with Crippen LogP contribution in [0.3, 0.4) is 0 Å². The van der Waals surface area contributed by atoms with E-state index in [0.29, 0.717) is 13.1 Å². The normalized spacial score (nSPS) is 17.3. The molecule has 3 nitrogen and oxygen atoms in total. The highest BCUT2D eigenvalue weighted by Gasteiger charge is 2.32. The number of amides is 2. The van der Waals surface area contributed by atoms with Crippen LogP contribution in [-0.2, 0) is 6.54 Å². The summed E-state index contributed by atoms with van der Waals surface area (Å²) in [7, 11) is 0. The van der Waals surface area contributed by atoms with Crippen LogP contribution in [0.25, 0.3) is 0 Å². The summed E-state index contributed by atoms with van der Waals surface area (Å²) in [5, 5.41) is 1.96. The third kappa shape index (κ3) is 3.69. The fraction of sp³-hybridized carbons (Fsp3) is 0.278. The van der Waals surface area contributed by atoms with E-state index in [1.807, 2.05) is 59.9 Å². The molecule has 0 saturated carbocycles. The molecule has 0 radical (unpaired) electrons. The van der Waals surface area contributed by atoms with Crippen molar-refractivity contribution in [3.63, 3.8) is 0 Å². The van der Waals surface area contributed by atoms with Gasteiger partial charge >= 0.3 is 12.2 Å². The van der Waals surface area contributed by atoms with E-state index in [1.165, 1.54) is 4.90 Å². The minimum Gasteiger partial charge on any atom is -0.329 e. The van der Waals surface area contributed by atoms with Crippen LogP contribution < -0.4 is 5.32 Å². The molecule has 6 heteroatoms. The van der Waals surface area contributed by atoms with E-state index in [-0.39, 0.29) is 5.92 Å². The van der Waals surface area contributed by atoms with Crippen molar-refractivity contribution in [2.45, 2.75) is 18.6 Å². The molecule has 2 amide bonds. The van der Waals surface area contributed by atoms with E-state index in [2.05, 4.69) is 0 Å². The average Bonchev–Trinajstić information content (AvgIpc) is 2.59. The standard InChI is InChI=1S/C18H17F3N2O/c19-18(20,21)12-22-17(24)23-10-14-8-4-5-9-15(14)16(11-23)13-6-2-1-3-7-13/h1-9,16H,10-12H2,(H,22,24)/t16-/m1/s1. The lowest BCUT2D eigenvalue weighted by atomic mass is 9.85. The van der Waals surface area contributed by atoms with Crippen molar-refractivity contribution in [2.75, 3.05) is 13.1 Å². The number of benzene rings is 2. The average molecular weight is 334 g/mol. The van der Waals surface area contributed by atoms with Gasteiger partial charge < -0.3 is 10.2 Å². The molecular weight excluding hydrogens is 317 g/mol. The van der Waals surface area contributed by atoms with Crippen LogP contribution >= 0.6 is 0 Å². The van der Waals surface area contributed by atoms with E-state index in [0.717, 1.165) is 16.7 Å². The molecule has 0 saturated heterocycles. The first-order valence-electron chi connectivity index (χ1n) is 7.66. The van der Waals surface area contributed by atoms with Crippen LogP contribution in [0.15, 0.2) is 54.6 Å². The van der Waals surface area contributed by atoms with Gasteiger partial charge in [-0.2, -0.15) is 13.2 Å². The van der Waals surface area contributed by atoms with Gasteiger partial charge in [-0.15, -0.1) is 0 Å². The number of nitrogens with one attached hydrogen (secondary N) is 1. The number of halogens is 3. The summed E-state index contributed by atoms with van der Waals surface area (Å²) < 4.78 is 37.0. The molecule has 0 aliphatic carbocycles. The highest BCUT2D eigenvalue weighted by Crippen LogP contribution is 2.33. The highest BCUT2D eigenvalue weighted by atomic mass is 19.4. The molecule has 1 atom stereocenters. The Morgan fingerprint density at radius 3 is 2.46 bits per heavy atom. The van der Waals surface area contributed by atoms with Crippen molar-refractivity contribution in [2.24, 2.45) is 0 Å². The Kier molecular flexibility index (Phi) is 4.46. The van der Waals surface area contributed by atoms with Crippen molar-refractivity contribution in [1.29, 1.82) is 0 Å². The predicted octanol–water partition coefficient (Wildman–Crippen LogP) is 3.91. The zero-order chi connectivity index (χ0) is 17.2. The van der Waals surface area contributed by atoms with E-state index in [9.17, 15) is 18.0 Å². The van der Waals surface area contributed by atoms with E-state index in [4.69, 9.17) is 0 Å². The van der Waals surface area contributed by atoms with Gasteiger partial charge in [-0.25, -0.2) is 4.79 Å². The lowest BCUT2D eigenvalue weighted by Crippen LogP contribution is -2.46. The van der Waals surface area contributed by atoms with Gasteiger partial charge in [0.25, 0.3) is 0 Å². The van der Waals surface area contributed by atoms with Crippen molar-refractivity contribution >= 4 is 6.03 Å². The zero-order valence-electron chi connectivity index (χ0n) is 12.9. The Bertz CT molecular complexity index is 716. The maximum Gasteiger partial charge on any atom is 0.405 e. The summed E-state index contributed by atoms with van der Waals surface area (Å²) in [4.78, 5) is 13.6. The molecule has 0 unspecified atom stereocenters. The van der Waals surface area contributed by atoms with Crippen LogP contribution in [0.4, 0.5) is 18.0 Å². The van der Waals surface area contributed by atoms with Gasteiger partial charge in [-0.3, -0.25) is 0 Å². The minimum absolute atomic E-state index is 0.0483. The molecule has 0 aromatic heterocycles. The number of carbonyl (C=O) groups is 1. The summed E-state index contributed by atoms with van der Waals surface area (Å²) in [5.74, 6) is -0.0483. The third-order valence-electron chi connectivity index (χ3n) is 4.12. The van der Waals surface area contributed by atoms with Gasteiger partial charge in [0.15, 0.2) is 0 Å². The van der Waals surface area contributed by atoms with Crippen molar-refractivity contribution in [3.8, 4) is 0 Å². The van der Waals surface area contributed by atoms with Gasteiger partial charge in [-0.1, -0.05) is 54.6 Å². The minimum atomic E-state index is -4.41. The summed E-state index contributed by atoms with van der Waals surface area (Å²) in [6, 6.07) is 16.7. The molecule has 2 aromatic rings. The molecular formula is C18H17F3N2O.